The van der Waals surface area contributed by atoms with Crippen molar-refractivity contribution in [1.29, 1.82) is 0 Å². The summed E-state index contributed by atoms with van der Waals surface area (Å²) in [5, 5.41) is 9.83. The Morgan fingerprint density at radius 1 is 0.382 bits per heavy atom. The van der Waals surface area contributed by atoms with Gasteiger partial charge < -0.3 is 24.2 Å². The van der Waals surface area contributed by atoms with Crippen LogP contribution in [0.2, 0.25) is 0 Å². The van der Waals surface area contributed by atoms with Crippen molar-refractivity contribution < 1.29 is 52.2 Å². The van der Waals surface area contributed by atoms with Gasteiger partial charge in [0.1, 0.15) is 12.7 Å². The average Bonchev–Trinajstić information content (AvgIpc) is 3.41. The van der Waals surface area contributed by atoms with Gasteiger partial charge >= 0.3 is 25.7 Å². The highest BCUT2D eigenvalue weighted by Crippen LogP contribution is 2.43. The van der Waals surface area contributed by atoms with Crippen LogP contribution in [0, 0.1) is 0 Å². The molecule has 0 saturated carbocycles. The van der Waals surface area contributed by atoms with Crippen LogP contribution in [0.4, 0.5) is 0 Å². The van der Waals surface area contributed by atoms with Gasteiger partial charge in [0.05, 0.1) is 19.8 Å². The van der Waals surface area contributed by atoms with Crippen LogP contribution in [-0.2, 0) is 42.2 Å². The fourth-order valence-electron chi connectivity index (χ4n) is 7.94. The molecule has 12 heteroatoms. The zero-order valence-corrected chi connectivity index (χ0v) is 49.1. The summed E-state index contributed by atoms with van der Waals surface area (Å²) < 4.78 is 39.6. The van der Waals surface area contributed by atoms with E-state index in [9.17, 15) is 28.9 Å². The molecule has 0 rings (SSSR count). The Kier molecular flexibility index (Phi) is 54.8. The van der Waals surface area contributed by atoms with Crippen LogP contribution in [0.3, 0.4) is 0 Å². The van der Waals surface area contributed by atoms with Crippen molar-refractivity contribution >= 4 is 25.7 Å². The molecule has 3 atom stereocenters. The maximum Gasteiger partial charge on any atom is 0.472 e. The van der Waals surface area contributed by atoms with Crippen molar-refractivity contribution in [3.05, 3.63) is 97.2 Å². The van der Waals surface area contributed by atoms with E-state index in [2.05, 4.69) is 118 Å². The topological polar surface area (TPSA) is 155 Å². The summed E-state index contributed by atoms with van der Waals surface area (Å²) >= 11 is 0. The van der Waals surface area contributed by atoms with Crippen LogP contribution in [0.5, 0.6) is 0 Å². The number of phosphoric ester groups is 1. The van der Waals surface area contributed by atoms with Gasteiger partial charge in [0, 0.05) is 19.3 Å². The van der Waals surface area contributed by atoms with Crippen molar-refractivity contribution in [2.45, 2.75) is 264 Å². The van der Waals surface area contributed by atoms with E-state index in [1.54, 1.807) is 0 Å². The number of carbonyl (C=O) groups excluding carboxylic acids is 3. The van der Waals surface area contributed by atoms with Gasteiger partial charge in [-0.15, -0.1) is 0 Å². The molecule has 0 aliphatic carbocycles. The number of aliphatic hydroxyl groups is 1. The average molecular weight is 1090 g/mol. The molecule has 11 nitrogen and oxygen atoms in total. The van der Waals surface area contributed by atoms with Gasteiger partial charge in [-0.3, -0.25) is 23.4 Å². The third-order valence-corrected chi connectivity index (χ3v) is 13.4. The summed E-state index contributed by atoms with van der Waals surface area (Å²) in [6.07, 6.45) is 67.8. The van der Waals surface area contributed by atoms with E-state index in [-0.39, 0.29) is 25.9 Å². The molecule has 0 aromatic heterocycles. The van der Waals surface area contributed by atoms with E-state index in [0.717, 1.165) is 154 Å². The summed E-state index contributed by atoms with van der Waals surface area (Å²) in [6, 6.07) is 0. The third kappa shape index (κ3) is 55.2. The second kappa shape index (κ2) is 57.6. The van der Waals surface area contributed by atoms with E-state index in [1.807, 2.05) is 0 Å². The summed E-state index contributed by atoms with van der Waals surface area (Å²) in [5.41, 5.74) is 0. The van der Waals surface area contributed by atoms with Gasteiger partial charge in [0.15, 0.2) is 6.10 Å². The maximum absolute atomic E-state index is 12.9. The largest absolute Gasteiger partial charge is 0.472 e. The first kappa shape index (κ1) is 72.4. The highest BCUT2D eigenvalue weighted by molar-refractivity contribution is 7.47. The Hall–Kier alpha value is -3.60. The second-order valence-electron chi connectivity index (χ2n) is 19.7. The Bertz CT molecular complexity index is 1640. The molecule has 0 radical (unpaired) electrons. The van der Waals surface area contributed by atoms with Gasteiger partial charge in [-0.2, -0.15) is 0 Å². The van der Waals surface area contributed by atoms with Crippen LogP contribution in [0.25, 0.3) is 0 Å². The summed E-state index contributed by atoms with van der Waals surface area (Å²) in [6.45, 7) is 4.38. The number of hydrogen-bond donors (Lipinski definition) is 2. The lowest BCUT2D eigenvalue weighted by Crippen LogP contribution is -2.30. The molecule has 436 valence electrons. The van der Waals surface area contributed by atoms with E-state index in [0.29, 0.717) is 19.3 Å². The van der Waals surface area contributed by atoms with Crippen molar-refractivity contribution in [1.82, 2.24) is 0 Å². The van der Waals surface area contributed by atoms with Crippen LogP contribution in [0.15, 0.2) is 97.2 Å². The Balaban J connectivity index is 4.77. The Morgan fingerprint density at radius 3 is 1.07 bits per heavy atom. The van der Waals surface area contributed by atoms with Crippen LogP contribution in [0.1, 0.15) is 252 Å². The normalized spacial score (nSPS) is 14.0. The summed E-state index contributed by atoms with van der Waals surface area (Å²) in [5.74, 6) is -1.51. The van der Waals surface area contributed by atoms with Crippen LogP contribution in [-0.4, -0.2) is 66.5 Å². The van der Waals surface area contributed by atoms with E-state index >= 15 is 0 Å². The Morgan fingerprint density at radius 2 is 0.684 bits per heavy atom. The van der Waals surface area contributed by atoms with Gasteiger partial charge in [-0.25, -0.2) is 4.57 Å². The van der Waals surface area contributed by atoms with E-state index < -0.39 is 57.8 Å². The first-order valence-corrected chi connectivity index (χ1v) is 31.6. The van der Waals surface area contributed by atoms with Crippen molar-refractivity contribution in [3.8, 4) is 0 Å². The maximum atomic E-state index is 12.9. The smallest absolute Gasteiger partial charge is 0.462 e. The van der Waals surface area contributed by atoms with Gasteiger partial charge in [0.2, 0.25) is 0 Å². The number of phosphoric acid groups is 1. The molecule has 0 heterocycles. The predicted octanol–water partition coefficient (Wildman–Crippen LogP) is 18.0. The number of rotatable bonds is 55. The van der Waals surface area contributed by atoms with Crippen molar-refractivity contribution in [3.63, 3.8) is 0 Å². The molecular weight excluding hydrogens is 976 g/mol. The highest BCUT2D eigenvalue weighted by Gasteiger charge is 2.28. The standard InChI is InChI=1S/C64H109O11P/c1-4-7-10-13-16-19-22-25-28-29-30-31-34-37-40-43-46-49-52-55-64(68)75-61(57-71-62(66)53-50-47-44-41-38-35-32-26-23-20-17-14-11-8-5-2)59-73-76(69,70)72-58-60(56-65)74-63(67)54-51-48-45-42-39-36-33-27-24-21-18-15-12-9-6-3/h7,9-10,12,16,18-19,21,25-28,30-33,60-61,65H,4-6,8,11,13-15,17,20,22-24,29,34-59H2,1-3H3,(H,69,70)/b10-7-,12-9-,19-16-,21-18-,28-25-,31-30-,32-26-,33-27-. The van der Waals surface area contributed by atoms with E-state index in [4.69, 9.17) is 23.3 Å². The number of unbranched alkanes of at least 4 members (excludes halogenated alkanes) is 22. The monoisotopic (exact) mass is 1080 g/mol. The lowest BCUT2D eigenvalue weighted by molar-refractivity contribution is -0.161. The number of carbonyl (C=O) groups is 3. The minimum absolute atomic E-state index is 0.145. The molecule has 0 aliphatic rings. The first-order valence-electron chi connectivity index (χ1n) is 30.1. The molecule has 2 N–H and O–H groups in total. The highest BCUT2D eigenvalue weighted by atomic mass is 31.2. The number of hydrogen-bond acceptors (Lipinski definition) is 10. The molecule has 0 amide bonds. The lowest BCUT2D eigenvalue weighted by Gasteiger charge is -2.21. The molecule has 0 bridgehead atoms. The minimum atomic E-state index is -4.77. The fraction of sp³-hybridized carbons (Fsp3) is 0.703. The number of ether oxygens (including phenoxy) is 3. The molecule has 0 spiro atoms. The minimum Gasteiger partial charge on any atom is -0.462 e. The van der Waals surface area contributed by atoms with Crippen LogP contribution >= 0.6 is 7.82 Å². The lowest BCUT2D eigenvalue weighted by atomic mass is 10.1. The SMILES string of the molecule is CC/C=C\C/C=C\C/C=C\C/C=C\CCCCCCCCC(=O)OC(COC(=O)CCCCCCC/C=C\CCCCCCCC)COP(=O)(O)OCC(CO)OC(=O)CCCCCCC/C=C\C/C=C\C/C=C\CC. The number of esters is 3. The summed E-state index contributed by atoms with van der Waals surface area (Å²) in [4.78, 5) is 48.6. The Labute approximate surface area is 463 Å². The zero-order valence-electron chi connectivity index (χ0n) is 48.2. The molecule has 0 aromatic rings. The summed E-state index contributed by atoms with van der Waals surface area (Å²) in [7, 11) is -4.77. The first-order chi connectivity index (χ1) is 37.2. The molecule has 3 unspecified atom stereocenters. The zero-order chi connectivity index (χ0) is 55.5. The molecular formula is C64H109O11P. The molecule has 76 heavy (non-hydrogen) atoms. The van der Waals surface area contributed by atoms with Gasteiger partial charge in [0.25, 0.3) is 0 Å². The number of allylic oxidation sites excluding steroid dienone is 16. The van der Waals surface area contributed by atoms with Gasteiger partial charge in [-0.1, -0.05) is 214 Å². The van der Waals surface area contributed by atoms with E-state index in [1.165, 1.54) is 38.5 Å². The third-order valence-electron chi connectivity index (χ3n) is 12.5. The fourth-order valence-corrected chi connectivity index (χ4v) is 8.73. The predicted molar refractivity (Wildman–Crippen MR) is 316 cm³/mol. The van der Waals surface area contributed by atoms with Gasteiger partial charge in [-0.05, 0) is 116 Å². The van der Waals surface area contributed by atoms with Crippen LogP contribution < -0.4 is 0 Å². The molecule has 0 aromatic carbocycles. The van der Waals surface area contributed by atoms with Crippen molar-refractivity contribution in [2.24, 2.45) is 0 Å². The molecule has 0 aliphatic heterocycles. The van der Waals surface area contributed by atoms with Crippen molar-refractivity contribution in [2.75, 3.05) is 26.4 Å². The second-order valence-corrected chi connectivity index (χ2v) is 21.2. The molecule has 0 fully saturated rings. The molecule has 0 saturated heterocycles. The number of aliphatic hydroxyl groups excluding tert-OH is 1. The quantitative estimate of drug-likeness (QED) is 0.0197.